The first-order chi connectivity index (χ1) is 17.0. The van der Waals surface area contributed by atoms with Gasteiger partial charge in [-0.3, -0.25) is 5.32 Å². The van der Waals surface area contributed by atoms with Crippen molar-refractivity contribution in [3.8, 4) is 5.75 Å². The van der Waals surface area contributed by atoms with E-state index in [4.69, 9.17) is 21.9 Å². The van der Waals surface area contributed by atoms with Crippen LogP contribution < -0.4 is 20.3 Å². The number of pyridine rings is 1. The Hall–Kier alpha value is -3.79. The standard InChI is InChI=1S/C25H30N8OS/c1-4-34-21-10-8-20(9-11-21)29-25(35)31-24(30-23-27-18(2)17-19(3)28-23)33-15-13-32(14-16-33)22-7-5-6-12-26-22/h5-12,17H,4,13-16H2,1-3H3,(H2,27,28,29,30,31,35). The van der Waals surface area contributed by atoms with Crippen LogP contribution >= 0.6 is 12.2 Å². The van der Waals surface area contributed by atoms with E-state index in [1.807, 2.05) is 75.5 Å². The van der Waals surface area contributed by atoms with E-state index in [1.165, 1.54) is 0 Å². The molecule has 0 aliphatic carbocycles. The number of aryl methyl sites for hydroxylation is 2. The maximum Gasteiger partial charge on any atom is 0.229 e. The first-order valence-corrected chi connectivity index (χ1v) is 12.0. The summed E-state index contributed by atoms with van der Waals surface area (Å²) >= 11 is 5.58. The van der Waals surface area contributed by atoms with E-state index in [0.717, 1.165) is 54.8 Å². The first kappa shape index (κ1) is 24.3. The van der Waals surface area contributed by atoms with Gasteiger partial charge in [-0.25, -0.2) is 15.0 Å². The number of hydrogen-bond acceptors (Lipinski definition) is 6. The molecule has 182 valence electrons. The van der Waals surface area contributed by atoms with Gasteiger partial charge in [-0.15, -0.1) is 0 Å². The zero-order chi connectivity index (χ0) is 24.6. The zero-order valence-corrected chi connectivity index (χ0v) is 21.0. The van der Waals surface area contributed by atoms with Crippen molar-refractivity contribution in [2.75, 3.05) is 48.3 Å². The number of nitrogens with zero attached hydrogens (tertiary/aromatic N) is 6. The van der Waals surface area contributed by atoms with Crippen molar-refractivity contribution in [2.24, 2.45) is 4.99 Å². The molecule has 0 bridgehead atoms. The molecule has 1 fully saturated rings. The van der Waals surface area contributed by atoms with E-state index in [2.05, 4.69) is 35.4 Å². The molecular weight excluding hydrogens is 460 g/mol. The molecule has 4 rings (SSSR count). The van der Waals surface area contributed by atoms with Gasteiger partial charge in [0.05, 0.1) is 6.61 Å². The Morgan fingerprint density at radius 3 is 2.34 bits per heavy atom. The lowest BCUT2D eigenvalue weighted by atomic mass is 10.3. The molecule has 10 heteroatoms. The second-order valence-electron chi connectivity index (χ2n) is 8.08. The number of rotatable bonds is 5. The topological polar surface area (TPSA) is 90.8 Å². The van der Waals surface area contributed by atoms with Crippen molar-refractivity contribution in [3.63, 3.8) is 0 Å². The van der Waals surface area contributed by atoms with Gasteiger partial charge in [0.2, 0.25) is 17.0 Å². The highest BCUT2D eigenvalue weighted by atomic mass is 32.1. The molecule has 0 atom stereocenters. The van der Waals surface area contributed by atoms with E-state index in [-0.39, 0.29) is 0 Å². The fourth-order valence-corrected chi connectivity index (χ4v) is 4.00. The number of nitrogens with one attached hydrogen (secondary N) is 2. The van der Waals surface area contributed by atoms with Crippen molar-refractivity contribution < 1.29 is 4.74 Å². The Balaban J connectivity index is 1.50. The molecule has 1 aromatic carbocycles. The van der Waals surface area contributed by atoms with Gasteiger partial charge in [0.1, 0.15) is 11.6 Å². The highest BCUT2D eigenvalue weighted by molar-refractivity contribution is 7.80. The van der Waals surface area contributed by atoms with Gasteiger partial charge in [-0.2, -0.15) is 4.99 Å². The average molecular weight is 491 g/mol. The van der Waals surface area contributed by atoms with Gasteiger partial charge in [-0.05, 0) is 75.5 Å². The molecule has 9 nitrogen and oxygen atoms in total. The lowest BCUT2D eigenvalue weighted by Crippen LogP contribution is -2.51. The van der Waals surface area contributed by atoms with Gasteiger partial charge in [-0.1, -0.05) is 6.07 Å². The highest BCUT2D eigenvalue weighted by Gasteiger charge is 2.22. The van der Waals surface area contributed by atoms with Gasteiger partial charge >= 0.3 is 0 Å². The van der Waals surface area contributed by atoms with Crippen LogP contribution in [-0.2, 0) is 0 Å². The first-order valence-electron chi connectivity index (χ1n) is 11.6. The minimum absolute atomic E-state index is 0.341. The second kappa shape index (κ2) is 11.6. The Kier molecular flexibility index (Phi) is 8.04. The Bertz CT molecular complexity index is 1140. The van der Waals surface area contributed by atoms with Crippen molar-refractivity contribution in [2.45, 2.75) is 20.8 Å². The zero-order valence-electron chi connectivity index (χ0n) is 20.2. The van der Waals surface area contributed by atoms with Crippen LogP contribution in [0.2, 0.25) is 0 Å². The SMILES string of the molecule is CCOc1ccc(NC(=S)/N=C(/Nc2nc(C)cc(C)n2)N2CCN(c3ccccn3)CC2)cc1. The molecule has 1 aliphatic rings. The van der Waals surface area contributed by atoms with Gasteiger partial charge in [0, 0.05) is 49.5 Å². The number of hydrogen-bond donors (Lipinski definition) is 2. The molecule has 0 spiro atoms. The normalized spacial score (nSPS) is 14.0. The van der Waals surface area contributed by atoms with E-state index >= 15 is 0 Å². The van der Waals surface area contributed by atoms with E-state index in [9.17, 15) is 0 Å². The van der Waals surface area contributed by atoms with Crippen molar-refractivity contribution in [1.82, 2.24) is 19.9 Å². The lowest BCUT2D eigenvalue weighted by Gasteiger charge is -2.36. The van der Waals surface area contributed by atoms with Crippen LogP contribution in [0, 0.1) is 13.8 Å². The number of anilines is 3. The summed E-state index contributed by atoms with van der Waals surface area (Å²) < 4.78 is 5.51. The van der Waals surface area contributed by atoms with E-state index in [1.54, 1.807) is 0 Å². The summed E-state index contributed by atoms with van der Waals surface area (Å²) in [7, 11) is 0. The molecule has 35 heavy (non-hydrogen) atoms. The van der Waals surface area contributed by atoms with Crippen LogP contribution in [0.15, 0.2) is 59.7 Å². The highest BCUT2D eigenvalue weighted by Crippen LogP contribution is 2.17. The van der Waals surface area contributed by atoms with E-state index < -0.39 is 0 Å². The number of piperazine rings is 1. The maximum atomic E-state index is 5.58. The summed E-state index contributed by atoms with van der Waals surface area (Å²) in [5.74, 6) is 2.90. The second-order valence-corrected chi connectivity index (χ2v) is 8.47. The van der Waals surface area contributed by atoms with Crippen molar-refractivity contribution in [3.05, 3.63) is 66.1 Å². The minimum Gasteiger partial charge on any atom is -0.494 e. The molecule has 0 radical (unpaired) electrons. The smallest absolute Gasteiger partial charge is 0.229 e. The third kappa shape index (κ3) is 6.86. The fraction of sp³-hybridized carbons (Fsp3) is 0.320. The van der Waals surface area contributed by atoms with Crippen molar-refractivity contribution >= 4 is 40.7 Å². The molecule has 2 N–H and O–H groups in total. The molecule has 2 aromatic heterocycles. The summed E-state index contributed by atoms with van der Waals surface area (Å²) in [5, 5.41) is 6.82. The van der Waals surface area contributed by atoms with Crippen molar-refractivity contribution in [1.29, 1.82) is 0 Å². The number of thiocarbonyl (C=S) groups is 1. The molecule has 3 heterocycles. The summed E-state index contributed by atoms with van der Waals surface area (Å²) in [4.78, 5) is 22.7. The molecular formula is C25H30N8OS. The lowest BCUT2D eigenvalue weighted by molar-refractivity contribution is 0.340. The Labute approximate surface area is 211 Å². The Morgan fingerprint density at radius 2 is 1.71 bits per heavy atom. The third-order valence-electron chi connectivity index (χ3n) is 5.38. The molecule has 1 saturated heterocycles. The molecule has 0 unspecified atom stereocenters. The minimum atomic E-state index is 0.341. The van der Waals surface area contributed by atoms with Crippen LogP contribution in [0.1, 0.15) is 18.3 Å². The maximum absolute atomic E-state index is 5.58. The van der Waals surface area contributed by atoms with E-state index in [0.29, 0.717) is 23.6 Å². The number of benzene rings is 1. The van der Waals surface area contributed by atoms with Crippen LogP contribution in [0.4, 0.5) is 17.5 Å². The fourth-order valence-electron chi connectivity index (χ4n) is 3.80. The van der Waals surface area contributed by atoms with Gasteiger partial charge in [0.15, 0.2) is 0 Å². The van der Waals surface area contributed by atoms with Gasteiger partial charge < -0.3 is 19.9 Å². The number of guanidine groups is 1. The van der Waals surface area contributed by atoms with Crippen LogP contribution in [-0.4, -0.2) is 63.7 Å². The number of aromatic nitrogens is 3. The molecule has 0 saturated carbocycles. The van der Waals surface area contributed by atoms with Crippen LogP contribution in [0.25, 0.3) is 0 Å². The Morgan fingerprint density at radius 1 is 1.00 bits per heavy atom. The number of ether oxygens (including phenoxy) is 1. The third-order valence-corrected chi connectivity index (χ3v) is 5.58. The number of aliphatic imine (C=N–C) groups is 1. The largest absolute Gasteiger partial charge is 0.494 e. The quantitative estimate of drug-likeness (QED) is 0.314. The predicted octanol–water partition coefficient (Wildman–Crippen LogP) is 3.87. The van der Waals surface area contributed by atoms with Crippen LogP contribution in [0.5, 0.6) is 5.75 Å². The summed E-state index contributed by atoms with van der Waals surface area (Å²) in [6, 6.07) is 15.5. The van der Waals surface area contributed by atoms with Crippen LogP contribution in [0.3, 0.4) is 0 Å². The summed E-state index contributed by atoms with van der Waals surface area (Å²) in [5.41, 5.74) is 2.60. The molecule has 3 aromatic rings. The monoisotopic (exact) mass is 490 g/mol. The molecule has 1 aliphatic heterocycles. The van der Waals surface area contributed by atoms with Gasteiger partial charge in [0.25, 0.3) is 0 Å². The molecule has 0 amide bonds. The summed E-state index contributed by atoms with van der Waals surface area (Å²) in [6.07, 6.45) is 1.82. The predicted molar refractivity (Wildman–Crippen MR) is 144 cm³/mol. The summed E-state index contributed by atoms with van der Waals surface area (Å²) in [6.45, 7) is 9.59. The average Bonchev–Trinajstić information content (AvgIpc) is 2.85.